The molecule has 1 aromatic heterocycles. The Hall–Kier alpha value is 0.0700. The van der Waals surface area contributed by atoms with Crippen LogP contribution in [0.3, 0.4) is 0 Å². The highest BCUT2D eigenvalue weighted by molar-refractivity contribution is 9.10. The van der Waals surface area contributed by atoms with Crippen molar-refractivity contribution in [1.82, 2.24) is 4.98 Å². The van der Waals surface area contributed by atoms with E-state index in [0.717, 1.165) is 23.9 Å². The molecule has 1 fully saturated rings. The van der Waals surface area contributed by atoms with Crippen molar-refractivity contribution in [2.75, 3.05) is 0 Å². The number of nitrogens with zero attached hydrogens (tertiary/aromatic N) is 1. The van der Waals surface area contributed by atoms with Crippen molar-refractivity contribution in [3.05, 3.63) is 15.0 Å². The van der Waals surface area contributed by atoms with Crippen molar-refractivity contribution in [2.24, 2.45) is 0 Å². The van der Waals surface area contributed by atoms with Crippen molar-refractivity contribution >= 4 is 27.3 Å². The lowest BCUT2D eigenvalue weighted by Crippen LogP contribution is -2.21. The highest BCUT2D eigenvalue weighted by Crippen LogP contribution is 2.38. The van der Waals surface area contributed by atoms with Crippen LogP contribution in [0.15, 0.2) is 10.1 Å². The zero-order chi connectivity index (χ0) is 9.26. The minimum absolute atomic E-state index is 0.162. The summed E-state index contributed by atoms with van der Waals surface area (Å²) in [7, 11) is 0. The fraction of sp³-hybridized carbons (Fsp3) is 0.667. The van der Waals surface area contributed by atoms with E-state index in [9.17, 15) is 5.11 Å². The summed E-state index contributed by atoms with van der Waals surface area (Å²) in [5.74, 6) is 0.315. The van der Waals surface area contributed by atoms with Gasteiger partial charge in [0.2, 0.25) is 0 Å². The lowest BCUT2D eigenvalue weighted by Gasteiger charge is -2.26. The third kappa shape index (κ3) is 1.95. The molecule has 1 saturated carbocycles. The summed E-state index contributed by atoms with van der Waals surface area (Å²) >= 11 is 5.06. The first kappa shape index (κ1) is 9.62. The normalized spacial score (nSPS) is 29.1. The van der Waals surface area contributed by atoms with Crippen molar-refractivity contribution in [3.63, 3.8) is 0 Å². The lowest BCUT2D eigenvalue weighted by atomic mass is 9.86. The molecule has 1 aromatic rings. The quantitative estimate of drug-likeness (QED) is 0.844. The summed E-state index contributed by atoms with van der Waals surface area (Å²) in [6, 6.07) is 0. The predicted molar refractivity (Wildman–Crippen MR) is 57.0 cm³/mol. The number of aliphatic hydroxyl groups excluding tert-OH is 1. The van der Waals surface area contributed by atoms with Crippen molar-refractivity contribution in [1.29, 1.82) is 0 Å². The summed E-state index contributed by atoms with van der Waals surface area (Å²) in [5.41, 5.74) is 1.83. The molecule has 0 saturated heterocycles. The van der Waals surface area contributed by atoms with Gasteiger partial charge in [-0.3, -0.25) is 0 Å². The Bertz CT molecular complexity index is 289. The lowest BCUT2D eigenvalue weighted by molar-refractivity contribution is 0.107. The third-order valence-electron chi connectivity index (χ3n) is 2.62. The standard InChI is InChI=1S/C9H12BrNOS/c10-9-8(13-5-11-9)6-3-1-2-4-7(6)12/h5-7,12H,1-4H2/t6-,7-/m1/s1. The van der Waals surface area contributed by atoms with E-state index < -0.39 is 0 Å². The number of halogens is 1. The fourth-order valence-corrected chi connectivity index (χ4v) is 3.58. The van der Waals surface area contributed by atoms with Gasteiger partial charge >= 0.3 is 0 Å². The van der Waals surface area contributed by atoms with Crippen LogP contribution in [0.25, 0.3) is 0 Å². The van der Waals surface area contributed by atoms with Gasteiger partial charge in [0.25, 0.3) is 0 Å². The van der Waals surface area contributed by atoms with E-state index in [-0.39, 0.29) is 6.10 Å². The van der Waals surface area contributed by atoms with Crippen LogP contribution >= 0.6 is 27.3 Å². The summed E-state index contributed by atoms with van der Waals surface area (Å²) in [6.45, 7) is 0. The fourth-order valence-electron chi connectivity index (χ4n) is 1.90. The first-order valence-electron chi connectivity index (χ1n) is 4.56. The van der Waals surface area contributed by atoms with E-state index in [0.29, 0.717) is 5.92 Å². The van der Waals surface area contributed by atoms with E-state index >= 15 is 0 Å². The molecule has 0 aromatic carbocycles. The molecule has 72 valence electrons. The van der Waals surface area contributed by atoms with Crippen LogP contribution in [0.5, 0.6) is 0 Å². The first-order valence-corrected chi connectivity index (χ1v) is 6.23. The molecule has 0 radical (unpaired) electrons. The molecule has 4 heteroatoms. The number of hydrogen-bond acceptors (Lipinski definition) is 3. The van der Waals surface area contributed by atoms with Crippen molar-refractivity contribution in [3.8, 4) is 0 Å². The van der Waals surface area contributed by atoms with Crippen LogP contribution in [-0.2, 0) is 0 Å². The minimum atomic E-state index is -0.162. The Kier molecular flexibility index (Phi) is 3.01. The van der Waals surface area contributed by atoms with E-state index in [1.807, 2.05) is 5.51 Å². The summed E-state index contributed by atoms with van der Waals surface area (Å²) < 4.78 is 0.920. The Balaban J connectivity index is 2.19. The van der Waals surface area contributed by atoms with Gasteiger partial charge in [-0.1, -0.05) is 12.8 Å². The van der Waals surface area contributed by atoms with Gasteiger partial charge in [-0.05, 0) is 28.8 Å². The number of rotatable bonds is 1. The molecule has 0 bridgehead atoms. The van der Waals surface area contributed by atoms with Crippen molar-refractivity contribution in [2.45, 2.75) is 37.7 Å². The van der Waals surface area contributed by atoms with Crippen molar-refractivity contribution < 1.29 is 5.11 Å². The molecule has 1 aliphatic rings. The molecule has 1 aliphatic carbocycles. The highest BCUT2D eigenvalue weighted by Gasteiger charge is 2.27. The Labute approximate surface area is 90.1 Å². The number of aromatic nitrogens is 1. The summed E-state index contributed by atoms with van der Waals surface area (Å²) in [6.07, 6.45) is 4.27. The van der Waals surface area contributed by atoms with Crippen LogP contribution < -0.4 is 0 Å². The van der Waals surface area contributed by atoms with Gasteiger partial charge in [0.1, 0.15) is 4.60 Å². The van der Waals surface area contributed by atoms with Gasteiger partial charge < -0.3 is 5.11 Å². The van der Waals surface area contributed by atoms with Gasteiger partial charge in [0, 0.05) is 10.8 Å². The monoisotopic (exact) mass is 261 g/mol. The van der Waals surface area contributed by atoms with Crippen LogP contribution in [-0.4, -0.2) is 16.2 Å². The van der Waals surface area contributed by atoms with E-state index in [1.165, 1.54) is 11.3 Å². The minimum Gasteiger partial charge on any atom is -0.392 e. The average Bonchev–Trinajstić information content (AvgIpc) is 2.52. The average molecular weight is 262 g/mol. The molecule has 2 atom stereocenters. The SMILES string of the molecule is O[C@@H]1CCCC[C@H]1c1scnc1Br. The third-order valence-corrected chi connectivity index (χ3v) is 4.47. The molecule has 0 amide bonds. The summed E-state index contributed by atoms with van der Waals surface area (Å²) in [4.78, 5) is 5.37. The molecule has 13 heavy (non-hydrogen) atoms. The van der Waals surface area contributed by atoms with E-state index in [4.69, 9.17) is 0 Å². The molecule has 1 heterocycles. The maximum atomic E-state index is 9.82. The second kappa shape index (κ2) is 4.07. The van der Waals surface area contributed by atoms with Gasteiger partial charge in [0.15, 0.2) is 0 Å². The Morgan fingerprint density at radius 1 is 1.46 bits per heavy atom. The molecule has 1 N–H and O–H groups in total. The second-order valence-corrected chi connectivity index (χ2v) is 5.10. The van der Waals surface area contributed by atoms with Crippen LogP contribution in [0, 0.1) is 0 Å². The van der Waals surface area contributed by atoms with Gasteiger partial charge in [0.05, 0.1) is 11.6 Å². The predicted octanol–water partition coefficient (Wildman–Crippen LogP) is 2.92. The smallest absolute Gasteiger partial charge is 0.120 e. The van der Waals surface area contributed by atoms with Gasteiger partial charge in [-0.2, -0.15) is 0 Å². The Morgan fingerprint density at radius 3 is 2.85 bits per heavy atom. The summed E-state index contributed by atoms with van der Waals surface area (Å²) in [5, 5.41) is 9.82. The second-order valence-electron chi connectivity index (χ2n) is 3.47. The molecule has 2 rings (SSSR count). The number of hydrogen-bond donors (Lipinski definition) is 1. The van der Waals surface area contributed by atoms with E-state index in [2.05, 4.69) is 20.9 Å². The molecular weight excluding hydrogens is 250 g/mol. The largest absolute Gasteiger partial charge is 0.392 e. The maximum Gasteiger partial charge on any atom is 0.120 e. The highest BCUT2D eigenvalue weighted by atomic mass is 79.9. The van der Waals surface area contributed by atoms with Crippen LogP contribution in [0.4, 0.5) is 0 Å². The molecule has 0 aliphatic heterocycles. The zero-order valence-corrected chi connectivity index (χ0v) is 9.64. The van der Waals surface area contributed by atoms with E-state index in [1.54, 1.807) is 11.3 Å². The van der Waals surface area contributed by atoms with Gasteiger partial charge in [-0.25, -0.2) is 4.98 Å². The maximum absolute atomic E-state index is 9.82. The zero-order valence-electron chi connectivity index (χ0n) is 7.24. The first-order chi connectivity index (χ1) is 6.29. The van der Waals surface area contributed by atoms with Gasteiger partial charge in [-0.15, -0.1) is 11.3 Å². The van der Waals surface area contributed by atoms with Crippen LogP contribution in [0.2, 0.25) is 0 Å². The Morgan fingerprint density at radius 2 is 2.23 bits per heavy atom. The number of aliphatic hydroxyl groups is 1. The number of thiazole rings is 1. The molecule has 0 unspecified atom stereocenters. The molecule has 2 nitrogen and oxygen atoms in total. The molecular formula is C9H12BrNOS. The molecule has 0 spiro atoms. The van der Waals surface area contributed by atoms with Crippen LogP contribution in [0.1, 0.15) is 36.5 Å². The topological polar surface area (TPSA) is 33.1 Å².